The number of methoxy groups -OCH3 is 1. The number of nitrogens with two attached hydrogens (primary N) is 1. The molecule has 8 heteroatoms. The van der Waals surface area contributed by atoms with Crippen molar-refractivity contribution in [2.75, 3.05) is 12.4 Å². The van der Waals surface area contributed by atoms with Crippen LogP contribution in [-0.4, -0.2) is 28.9 Å². The second-order valence-electron chi connectivity index (χ2n) is 5.73. The van der Waals surface area contributed by atoms with Crippen LogP contribution in [0.3, 0.4) is 0 Å². The van der Waals surface area contributed by atoms with Crippen molar-refractivity contribution < 1.29 is 14.3 Å². The predicted octanol–water partition coefficient (Wildman–Crippen LogP) is 2.74. The second kappa shape index (κ2) is 7.40. The first-order valence-electron chi connectivity index (χ1n) is 7.83. The molecular formula is C18H18N4O3S. The van der Waals surface area contributed by atoms with Crippen LogP contribution in [0.2, 0.25) is 0 Å². The molecule has 3 rings (SSSR count). The molecular weight excluding hydrogens is 352 g/mol. The van der Waals surface area contributed by atoms with Crippen LogP contribution >= 0.6 is 11.3 Å². The molecule has 7 nitrogen and oxygen atoms in total. The van der Waals surface area contributed by atoms with E-state index in [1.54, 1.807) is 24.8 Å². The van der Waals surface area contributed by atoms with E-state index in [9.17, 15) is 9.59 Å². The van der Waals surface area contributed by atoms with Gasteiger partial charge in [0.1, 0.15) is 11.4 Å². The predicted molar refractivity (Wildman–Crippen MR) is 100 cm³/mol. The number of nitrogens with one attached hydrogen (secondary N) is 2. The fourth-order valence-corrected chi connectivity index (χ4v) is 3.21. The smallest absolute Gasteiger partial charge is 0.265 e. The van der Waals surface area contributed by atoms with Crippen molar-refractivity contribution in [2.45, 2.75) is 13.3 Å². The second-order valence-corrected chi connectivity index (χ2v) is 6.59. The van der Waals surface area contributed by atoms with Crippen LogP contribution in [0.1, 0.15) is 21.6 Å². The van der Waals surface area contributed by atoms with Crippen molar-refractivity contribution in [1.29, 1.82) is 0 Å². The van der Waals surface area contributed by atoms with E-state index in [1.807, 2.05) is 25.1 Å². The molecule has 0 atom stereocenters. The van der Waals surface area contributed by atoms with Gasteiger partial charge < -0.3 is 20.8 Å². The van der Waals surface area contributed by atoms with Gasteiger partial charge in [-0.1, -0.05) is 12.1 Å². The van der Waals surface area contributed by atoms with E-state index in [0.29, 0.717) is 16.5 Å². The third-order valence-corrected chi connectivity index (χ3v) is 4.59. The van der Waals surface area contributed by atoms with Gasteiger partial charge in [0.15, 0.2) is 5.13 Å². The number of aromatic nitrogens is 2. The highest BCUT2D eigenvalue weighted by molar-refractivity contribution is 7.14. The Hall–Kier alpha value is -3.13. The Bertz CT molecular complexity index is 961. The minimum absolute atomic E-state index is 0.163. The monoisotopic (exact) mass is 370 g/mol. The van der Waals surface area contributed by atoms with Crippen LogP contribution in [0.4, 0.5) is 5.13 Å². The van der Waals surface area contributed by atoms with E-state index >= 15 is 0 Å². The Kier molecular flexibility index (Phi) is 5.04. The molecule has 26 heavy (non-hydrogen) atoms. The Labute approximate surface area is 154 Å². The molecule has 4 N–H and O–H groups in total. The lowest BCUT2D eigenvalue weighted by Gasteiger charge is -2.07. The van der Waals surface area contributed by atoms with Gasteiger partial charge in [-0.3, -0.25) is 9.59 Å². The summed E-state index contributed by atoms with van der Waals surface area (Å²) in [6, 6.07) is 7.30. The number of benzene rings is 1. The summed E-state index contributed by atoms with van der Waals surface area (Å²) in [5, 5.41) is 5.08. The molecule has 0 aliphatic carbocycles. The molecule has 0 saturated carbocycles. The van der Waals surface area contributed by atoms with E-state index in [4.69, 9.17) is 10.5 Å². The maximum absolute atomic E-state index is 12.3. The number of aromatic amines is 1. The Morgan fingerprint density at radius 2 is 2.15 bits per heavy atom. The Morgan fingerprint density at radius 3 is 2.85 bits per heavy atom. The summed E-state index contributed by atoms with van der Waals surface area (Å²) in [5.74, 6) is 0.0572. The number of rotatable bonds is 6. The molecule has 0 aliphatic heterocycles. The lowest BCUT2D eigenvalue weighted by atomic mass is 10.1. The first-order valence-corrected chi connectivity index (χ1v) is 8.71. The summed E-state index contributed by atoms with van der Waals surface area (Å²) in [6.07, 6.45) is 1.88. The maximum Gasteiger partial charge on any atom is 0.265 e. The lowest BCUT2D eigenvalue weighted by Crippen LogP contribution is -2.14. The van der Waals surface area contributed by atoms with E-state index in [-0.39, 0.29) is 12.3 Å². The normalized spacial score (nSPS) is 10.5. The van der Waals surface area contributed by atoms with E-state index in [1.165, 1.54) is 11.3 Å². The van der Waals surface area contributed by atoms with E-state index in [2.05, 4.69) is 15.3 Å². The minimum atomic E-state index is -0.534. The third-order valence-electron chi connectivity index (χ3n) is 3.83. The number of anilines is 1. The number of hydrogen-bond donors (Lipinski definition) is 3. The lowest BCUT2D eigenvalue weighted by molar-refractivity contribution is -0.115. The number of carbonyl (C=O) groups excluding carboxylic acids is 2. The molecule has 2 heterocycles. The van der Waals surface area contributed by atoms with Crippen LogP contribution in [0.25, 0.3) is 11.3 Å². The van der Waals surface area contributed by atoms with Gasteiger partial charge in [-0.25, -0.2) is 4.98 Å². The minimum Gasteiger partial charge on any atom is -0.496 e. The zero-order chi connectivity index (χ0) is 18.7. The number of thiazole rings is 1. The van der Waals surface area contributed by atoms with Gasteiger partial charge in [0.25, 0.3) is 5.91 Å². The van der Waals surface area contributed by atoms with Crippen LogP contribution in [0.5, 0.6) is 5.75 Å². The molecule has 134 valence electrons. The van der Waals surface area contributed by atoms with Crippen LogP contribution < -0.4 is 15.8 Å². The molecule has 0 aliphatic rings. The summed E-state index contributed by atoms with van der Waals surface area (Å²) in [6.45, 7) is 1.95. The zero-order valence-corrected chi connectivity index (χ0v) is 15.1. The number of ether oxygens (including phenoxy) is 1. The summed E-state index contributed by atoms with van der Waals surface area (Å²) >= 11 is 1.31. The molecule has 0 saturated heterocycles. The highest BCUT2D eigenvalue weighted by atomic mass is 32.1. The Balaban J connectivity index is 1.66. The topological polar surface area (TPSA) is 110 Å². The average Bonchev–Trinajstić information content (AvgIpc) is 3.25. The molecule has 0 spiro atoms. The summed E-state index contributed by atoms with van der Waals surface area (Å²) in [5.41, 5.74) is 8.81. The van der Waals surface area contributed by atoms with Gasteiger partial charge in [-0.2, -0.15) is 0 Å². The highest BCUT2D eigenvalue weighted by Gasteiger charge is 2.12. The third kappa shape index (κ3) is 3.92. The maximum atomic E-state index is 12.3. The van der Waals surface area contributed by atoms with Crippen molar-refractivity contribution >= 4 is 28.3 Å². The fraction of sp³-hybridized carbons (Fsp3) is 0.167. The number of carbonyl (C=O) groups is 2. The average molecular weight is 370 g/mol. The SMILES string of the molecule is COc1cc(CC(=O)Nc2nc(-c3c[nH]c(C(N)=O)c3)cs2)ccc1C. The van der Waals surface area contributed by atoms with E-state index in [0.717, 1.165) is 22.4 Å². The molecule has 0 fully saturated rings. The number of primary amides is 1. The summed E-state index contributed by atoms with van der Waals surface area (Å²) < 4.78 is 5.28. The van der Waals surface area contributed by atoms with Crippen molar-refractivity contribution in [3.8, 4) is 17.0 Å². The molecule has 1 aromatic carbocycles. The first kappa shape index (κ1) is 17.7. The van der Waals surface area contributed by atoms with Crippen molar-refractivity contribution in [3.63, 3.8) is 0 Å². The standard InChI is InChI=1S/C18H18N4O3S/c1-10-3-4-11(5-15(10)25-2)6-16(23)22-18-21-14(9-26-18)12-7-13(17(19)24)20-8-12/h3-5,7-9,20H,6H2,1-2H3,(H2,19,24)(H,21,22,23). The number of aryl methyl sites for hydroxylation is 1. The quantitative estimate of drug-likeness (QED) is 0.619. The van der Waals surface area contributed by atoms with Gasteiger partial charge in [-0.15, -0.1) is 11.3 Å². The zero-order valence-electron chi connectivity index (χ0n) is 14.3. The fourth-order valence-electron chi connectivity index (χ4n) is 2.47. The van der Waals surface area contributed by atoms with Gasteiger partial charge >= 0.3 is 0 Å². The largest absolute Gasteiger partial charge is 0.496 e. The van der Waals surface area contributed by atoms with Crippen LogP contribution in [0, 0.1) is 6.92 Å². The summed E-state index contributed by atoms with van der Waals surface area (Å²) in [7, 11) is 1.61. The van der Waals surface area contributed by atoms with Gasteiger partial charge in [0.2, 0.25) is 5.91 Å². The number of amides is 2. The molecule has 2 aromatic heterocycles. The molecule has 3 aromatic rings. The van der Waals surface area contributed by atoms with E-state index < -0.39 is 5.91 Å². The number of hydrogen-bond acceptors (Lipinski definition) is 5. The van der Waals surface area contributed by atoms with Crippen molar-refractivity contribution in [2.24, 2.45) is 5.73 Å². The Morgan fingerprint density at radius 1 is 1.35 bits per heavy atom. The molecule has 0 radical (unpaired) electrons. The molecule has 2 amide bonds. The number of nitrogens with zero attached hydrogens (tertiary/aromatic N) is 1. The number of H-pyrrole nitrogens is 1. The highest BCUT2D eigenvalue weighted by Crippen LogP contribution is 2.26. The van der Waals surface area contributed by atoms with Gasteiger partial charge in [0.05, 0.1) is 19.2 Å². The van der Waals surface area contributed by atoms with Gasteiger partial charge in [0, 0.05) is 17.1 Å². The molecule has 0 bridgehead atoms. The van der Waals surface area contributed by atoms with Gasteiger partial charge in [-0.05, 0) is 30.2 Å². The van der Waals surface area contributed by atoms with Crippen LogP contribution in [0.15, 0.2) is 35.8 Å². The molecule has 0 unspecified atom stereocenters. The van der Waals surface area contributed by atoms with Crippen LogP contribution in [-0.2, 0) is 11.2 Å². The van der Waals surface area contributed by atoms with Crippen molar-refractivity contribution in [1.82, 2.24) is 9.97 Å². The summed E-state index contributed by atoms with van der Waals surface area (Å²) in [4.78, 5) is 30.6. The first-order chi connectivity index (χ1) is 12.5. The van der Waals surface area contributed by atoms with Crippen molar-refractivity contribution in [3.05, 3.63) is 52.7 Å².